The second kappa shape index (κ2) is 5.24. The zero-order chi connectivity index (χ0) is 13.3. The Kier molecular flexibility index (Phi) is 3.87. The number of benzene rings is 1. The van der Waals surface area contributed by atoms with Crippen molar-refractivity contribution in [2.24, 2.45) is 0 Å². The highest BCUT2D eigenvalue weighted by atomic mass is 79.9. The topological polar surface area (TPSA) is 42.2 Å². The average Bonchev–Trinajstić information content (AvgIpc) is 2.66. The number of hydrogen-bond acceptors (Lipinski definition) is 1. The molecule has 0 aliphatic heterocycles. The number of nitrogens with zero attached hydrogens (tertiary/aromatic N) is 1. The van der Waals surface area contributed by atoms with Crippen LogP contribution in [-0.2, 0) is 6.54 Å². The molecule has 0 unspecified atom stereocenters. The summed E-state index contributed by atoms with van der Waals surface area (Å²) in [7, 11) is 0. The first kappa shape index (κ1) is 13.3. The van der Waals surface area contributed by atoms with Crippen LogP contribution in [0, 0.1) is 5.82 Å². The number of hydrogen-bond donors (Lipinski definition) is 1. The fourth-order valence-corrected chi connectivity index (χ4v) is 2.45. The maximum absolute atomic E-state index is 13.1. The van der Waals surface area contributed by atoms with E-state index < -0.39 is 5.97 Å². The van der Waals surface area contributed by atoms with Gasteiger partial charge in [-0.25, -0.2) is 9.18 Å². The third kappa shape index (κ3) is 2.81. The van der Waals surface area contributed by atoms with E-state index in [0.29, 0.717) is 15.6 Å². The van der Waals surface area contributed by atoms with Crippen LogP contribution in [-0.4, -0.2) is 15.6 Å². The van der Waals surface area contributed by atoms with E-state index in [2.05, 4.69) is 31.9 Å². The van der Waals surface area contributed by atoms with Gasteiger partial charge in [-0.3, -0.25) is 0 Å². The molecule has 1 heterocycles. The Labute approximate surface area is 119 Å². The van der Waals surface area contributed by atoms with Crippen LogP contribution in [0.5, 0.6) is 0 Å². The van der Waals surface area contributed by atoms with Gasteiger partial charge in [0.25, 0.3) is 0 Å². The van der Waals surface area contributed by atoms with Crippen LogP contribution in [0.4, 0.5) is 4.39 Å². The van der Waals surface area contributed by atoms with Crippen molar-refractivity contribution in [2.45, 2.75) is 6.54 Å². The first-order chi connectivity index (χ1) is 8.47. The van der Waals surface area contributed by atoms with Crippen LogP contribution in [0.25, 0.3) is 0 Å². The molecule has 0 aliphatic rings. The largest absolute Gasteiger partial charge is 0.478 e. The first-order valence-electron chi connectivity index (χ1n) is 5.00. The number of rotatable bonds is 3. The van der Waals surface area contributed by atoms with E-state index in [1.165, 1.54) is 18.3 Å². The molecule has 0 saturated carbocycles. The lowest BCUT2D eigenvalue weighted by Gasteiger charge is -2.06. The number of carbonyl (C=O) groups is 1. The summed E-state index contributed by atoms with van der Waals surface area (Å²) in [5.41, 5.74) is 1.08. The average molecular weight is 377 g/mol. The molecule has 0 saturated heterocycles. The van der Waals surface area contributed by atoms with Crippen LogP contribution >= 0.6 is 31.9 Å². The van der Waals surface area contributed by atoms with Gasteiger partial charge < -0.3 is 9.67 Å². The maximum Gasteiger partial charge on any atom is 0.337 e. The predicted molar refractivity (Wildman–Crippen MR) is 72.3 cm³/mol. The van der Waals surface area contributed by atoms with Crippen molar-refractivity contribution in [3.63, 3.8) is 0 Å². The minimum absolute atomic E-state index is 0.211. The molecule has 0 radical (unpaired) electrons. The summed E-state index contributed by atoms with van der Waals surface area (Å²) in [6.45, 7) is 0.465. The van der Waals surface area contributed by atoms with Gasteiger partial charge in [-0.05, 0) is 55.6 Å². The van der Waals surface area contributed by atoms with E-state index in [1.807, 2.05) is 0 Å². The SMILES string of the molecule is O=C(O)c1cc(Br)n(Cc2ccc(F)c(Br)c2)c1. The molecular formula is C12H8Br2FNO2. The van der Waals surface area contributed by atoms with Gasteiger partial charge in [0, 0.05) is 12.7 Å². The molecule has 1 aromatic carbocycles. The van der Waals surface area contributed by atoms with Crippen molar-refractivity contribution in [2.75, 3.05) is 0 Å². The monoisotopic (exact) mass is 375 g/mol. The highest BCUT2D eigenvalue weighted by Crippen LogP contribution is 2.21. The molecule has 1 aromatic heterocycles. The summed E-state index contributed by atoms with van der Waals surface area (Å²) in [5, 5.41) is 8.88. The Morgan fingerprint density at radius 3 is 2.61 bits per heavy atom. The summed E-state index contributed by atoms with van der Waals surface area (Å²) < 4.78 is 15.9. The normalized spacial score (nSPS) is 10.6. The number of carboxylic acids is 1. The zero-order valence-electron chi connectivity index (χ0n) is 9.03. The standard InChI is InChI=1S/C12H8Br2FNO2/c13-9-3-7(1-2-10(9)15)5-16-6-8(12(17)18)4-11(16)14/h1-4,6H,5H2,(H,17,18). The van der Waals surface area contributed by atoms with Crippen molar-refractivity contribution >= 4 is 37.8 Å². The number of aromatic carboxylic acids is 1. The van der Waals surface area contributed by atoms with Crippen LogP contribution < -0.4 is 0 Å². The molecule has 0 amide bonds. The van der Waals surface area contributed by atoms with Gasteiger partial charge >= 0.3 is 5.97 Å². The minimum atomic E-state index is -0.977. The first-order valence-corrected chi connectivity index (χ1v) is 6.59. The fraction of sp³-hybridized carbons (Fsp3) is 0.0833. The minimum Gasteiger partial charge on any atom is -0.478 e. The second-order valence-corrected chi connectivity index (χ2v) is 5.40. The lowest BCUT2D eigenvalue weighted by molar-refractivity contribution is 0.0697. The molecule has 2 rings (SSSR count). The molecule has 2 aromatic rings. The van der Waals surface area contributed by atoms with Gasteiger partial charge in [-0.2, -0.15) is 0 Å². The van der Waals surface area contributed by atoms with E-state index in [9.17, 15) is 9.18 Å². The smallest absolute Gasteiger partial charge is 0.337 e. The van der Waals surface area contributed by atoms with E-state index in [0.717, 1.165) is 5.56 Å². The summed E-state index contributed by atoms with van der Waals surface area (Å²) in [6.07, 6.45) is 1.53. The Hall–Kier alpha value is -1.14. The maximum atomic E-state index is 13.1. The molecule has 0 aliphatic carbocycles. The van der Waals surface area contributed by atoms with Crippen molar-refractivity contribution in [3.05, 3.63) is 56.5 Å². The van der Waals surface area contributed by atoms with Gasteiger partial charge in [-0.15, -0.1) is 0 Å². The van der Waals surface area contributed by atoms with E-state index in [4.69, 9.17) is 5.11 Å². The quantitative estimate of drug-likeness (QED) is 0.882. The summed E-state index contributed by atoms with van der Waals surface area (Å²) >= 11 is 6.41. The number of halogens is 3. The van der Waals surface area contributed by atoms with Gasteiger partial charge in [0.15, 0.2) is 0 Å². The predicted octanol–water partition coefficient (Wildman–Crippen LogP) is 3.90. The van der Waals surface area contributed by atoms with Crippen LogP contribution in [0.1, 0.15) is 15.9 Å². The van der Waals surface area contributed by atoms with Gasteiger partial charge in [0.05, 0.1) is 14.6 Å². The molecule has 1 N–H and O–H groups in total. The van der Waals surface area contributed by atoms with Gasteiger partial charge in [-0.1, -0.05) is 6.07 Å². The lowest BCUT2D eigenvalue weighted by atomic mass is 10.2. The highest BCUT2D eigenvalue weighted by Gasteiger charge is 2.10. The summed E-state index contributed by atoms with van der Waals surface area (Å²) in [4.78, 5) is 10.8. The molecular weight excluding hydrogens is 369 g/mol. The van der Waals surface area contributed by atoms with Crippen molar-refractivity contribution < 1.29 is 14.3 Å². The van der Waals surface area contributed by atoms with E-state index in [1.54, 1.807) is 16.7 Å². The second-order valence-electron chi connectivity index (χ2n) is 3.73. The van der Waals surface area contributed by atoms with Crippen LogP contribution in [0.2, 0.25) is 0 Å². The molecule has 18 heavy (non-hydrogen) atoms. The van der Waals surface area contributed by atoms with Crippen LogP contribution in [0.3, 0.4) is 0 Å². The molecule has 3 nitrogen and oxygen atoms in total. The zero-order valence-corrected chi connectivity index (χ0v) is 12.2. The van der Waals surface area contributed by atoms with Gasteiger partial charge in [0.1, 0.15) is 5.82 Å². The van der Waals surface area contributed by atoms with Crippen molar-refractivity contribution in [1.29, 1.82) is 0 Å². The molecule has 0 fully saturated rings. The molecule has 94 valence electrons. The fourth-order valence-electron chi connectivity index (χ4n) is 1.55. The molecule has 6 heteroatoms. The Balaban J connectivity index is 2.28. The molecule has 0 atom stereocenters. The Morgan fingerprint density at radius 2 is 2.06 bits per heavy atom. The summed E-state index contributed by atoms with van der Waals surface area (Å²) in [5.74, 6) is -1.30. The lowest BCUT2D eigenvalue weighted by Crippen LogP contribution is -1.99. The van der Waals surface area contributed by atoms with Gasteiger partial charge in [0.2, 0.25) is 0 Å². The number of aromatic nitrogens is 1. The molecule has 0 spiro atoms. The number of carboxylic acid groups (broad SMARTS) is 1. The Bertz CT molecular complexity index is 610. The van der Waals surface area contributed by atoms with Crippen molar-refractivity contribution in [1.82, 2.24) is 4.57 Å². The van der Waals surface area contributed by atoms with E-state index >= 15 is 0 Å². The Morgan fingerprint density at radius 1 is 1.33 bits per heavy atom. The highest BCUT2D eigenvalue weighted by molar-refractivity contribution is 9.10. The van der Waals surface area contributed by atoms with Crippen molar-refractivity contribution in [3.8, 4) is 0 Å². The van der Waals surface area contributed by atoms with E-state index in [-0.39, 0.29) is 11.4 Å². The van der Waals surface area contributed by atoms with Crippen LogP contribution in [0.15, 0.2) is 39.5 Å². The summed E-state index contributed by atoms with van der Waals surface area (Å²) in [6, 6.07) is 6.23. The third-order valence-corrected chi connectivity index (χ3v) is 3.72. The third-order valence-electron chi connectivity index (χ3n) is 2.43. The molecule has 0 bridgehead atoms.